The van der Waals surface area contributed by atoms with Crippen LogP contribution in [-0.4, -0.2) is 59.2 Å². The summed E-state index contributed by atoms with van der Waals surface area (Å²) in [6, 6.07) is 0. The maximum atomic E-state index is 12.6. The summed E-state index contributed by atoms with van der Waals surface area (Å²) in [5.74, 6) is -0.199. The van der Waals surface area contributed by atoms with Crippen LogP contribution in [0.15, 0.2) is 0 Å². The van der Waals surface area contributed by atoms with Crippen LogP contribution in [0.3, 0.4) is 0 Å². The van der Waals surface area contributed by atoms with E-state index in [-0.39, 0.29) is 23.3 Å². The van der Waals surface area contributed by atoms with Gasteiger partial charge in [0, 0.05) is 38.6 Å². The predicted molar refractivity (Wildman–Crippen MR) is 78.4 cm³/mol. The molecule has 21 heavy (non-hydrogen) atoms. The van der Waals surface area contributed by atoms with Crippen molar-refractivity contribution in [3.05, 3.63) is 0 Å². The molecule has 0 aromatic heterocycles. The van der Waals surface area contributed by atoms with E-state index in [0.717, 1.165) is 0 Å². The molecular formula is C15H25N3O3. The second-order valence-corrected chi connectivity index (χ2v) is 7.08. The van der Waals surface area contributed by atoms with Crippen molar-refractivity contribution >= 4 is 17.7 Å². The zero-order valence-electron chi connectivity index (χ0n) is 13.4. The Bertz CT molecular complexity index is 455. The number of nitrogens with zero attached hydrogens (tertiary/aromatic N) is 2. The Morgan fingerprint density at radius 3 is 1.81 bits per heavy atom. The molecule has 118 valence electrons. The Balaban J connectivity index is 1.97. The van der Waals surface area contributed by atoms with Crippen LogP contribution in [0.2, 0.25) is 0 Å². The molecule has 0 atom stereocenters. The average molecular weight is 295 g/mol. The second-order valence-electron chi connectivity index (χ2n) is 7.08. The lowest BCUT2D eigenvalue weighted by Gasteiger charge is -2.36. The van der Waals surface area contributed by atoms with Crippen molar-refractivity contribution in [2.75, 3.05) is 26.2 Å². The third-order valence-corrected chi connectivity index (χ3v) is 4.09. The van der Waals surface area contributed by atoms with Crippen LogP contribution in [0.5, 0.6) is 0 Å². The number of hydrogen-bond acceptors (Lipinski definition) is 3. The van der Waals surface area contributed by atoms with E-state index in [4.69, 9.17) is 0 Å². The minimum atomic E-state index is -0.855. The minimum Gasteiger partial charge on any atom is -0.351 e. The van der Waals surface area contributed by atoms with Crippen LogP contribution in [0.4, 0.5) is 0 Å². The van der Waals surface area contributed by atoms with Gasteiger partial charge in [-0.1, -0.05) is 0 Å². The van der Waals surface area contributed by atoms with Crippen molar-refractivity contribution in [3.63, 3.8) is 0 Å². The summed E-state index contributed by atoms with van der Waals surface area (Å²) in [5, 5.41) is 2.92. The zero-order valence-corrected chi connectivity index (χ0v) is 13.4. The van der Waals surface area contributed by atoms with E-state index in [2.05, 4.69) is 5.32 Å². The van der Waals surface area contributed by atoms with Gasteiger partial charge in [-0.05, 0) is 33.6 Å². The molecule has 1 heterocycles. The first-order valence-corrected chi connectivity index (χ1v) is 7.53. The first-order chi connectivity index (χ1) is 9.66. The maximum absolute atomic E-state index is 12.6. The Kier molecular flexibility index (Phi) is 4.00. The summed E-state index contributed by atoms with van der Waals surface area (Å²) in [5.41, 5.74) is -1.19. The van der Waals surface area contributed by atoms with Crippen LogP contribution < -0.4 is 5.32 Å². The van der Waals surface area contributed by atoms with Crippen LogP contribution in [0.1, 0.15) is 40.5 Å². The first kappa shape index (κ1) is 15.8. The Morgan fingerprint density at radius 2 is 1.43 bits per heavy atom. The Labute approximate surface area is 125 Å². The molecule has 0 bridgehead atoms. The molecular weight excluding hydrogens is 270 g/mol. The highest BCUT2D eigenvalue weighted by molar-refractivity contribution is 6.08. The van der Waals surface area contributed by atoms with Crippen LogP contribution in [0, 0.1) is 5.41 Å². The molecule has 1 aliphatic heterocycles. The normalized spacial score (nSPS) is 21.0. The van der Waals surface area contributed by atoms with Crippen LogP contribution in [0.25, 0.3) is 0 Å². The van der Waals surface area contributed by atoms with E-state index in [1.54, 1.807) is 9.80 Å². The summed E-state index contributed by atoms with van der Waals surface area (Å²) >= 11 is 0. The highest BCUT2D eigenvalue weighted by Gasteiger charge is 2.58. The van der Waals surface area contributed by atoms with Gasteiger partial charge < -0.3 is 15.1 Å². The van der Waals surface area contributed by atoms with Gasteiger partial charge in [0.2, 0.25) is 17.7 Å². The van der Waals surface area contributed by atoms with Crippen molar-refractivity contribution in [1.82, 2.24) is 15.1 Å². The molecule has 3 amide bonds. The number of amides is 3. The van der Waals surface area contributed by atoms with Gasteiger partial charge in [0.1, 0.15) is 5.41 Å². The first-order valence-electron chi connectivity index (χ1n) is 7.53. The van der Waals surface area contributed by atoms with Crippen LogP contribution >= 0.6 is 0 Å². The number of piperazine rings is 1. The lowest BCUT2D eigenvalue weighted by molar-refractivity contribution is -0.148. The topological polar surface area (TPSA) is 69.7 Å². The van der Waals surface area contributed by atoms with Crippen molar-refractivity contribution in [2.45, 2.75) is 46.1 Å². The third-order valence-electron chi connectivity index (χ3n) is 4.09. The van der Waals surface area contributed by atoms with Crippen molar-refractivity contribution < 1.29 is 14.4 Å². The molecule has 6 nitrogen and oxygen atoms in total. The van der Waals surface area contributed by atoms with Crippen molar-refractivity contribution in [1.29, 1.82) is 0 Å². The molecule has 1 aliphatic carbocycles. The zero-order chi connectivity index (χ0) is 15.8. The molecule has 6 heteroatoms. The SMILES string of the molecule is CC(=O)N1CCN(C(=O)C2(C(=O)NC(C)(C)C)CC2)CC1. The molecule has 2 aliphatic rings. The second kappa shape index (κ2) is 5.31. The fourth-order valence-corrected chi connectivity index (χ4v) is 2.65. The number of carbonyl (C=O) groups excluding carboxylic acids is 3. The molecule has 1 saturated carbocycles. The van der Waals surface area contributed by atoms with Gasteiger partial charge in [0.15, 0.2) is 0 Å². The minimum absolute atomic E-state index is 0.0358. The molecule has 0 radical (unpaired) electrons. The van der Waals surface area contributed by atoms with Crippen molar-refractivity contribution in [3.8, 4) is 0 Å². The van der Waals surface area contributed by atoms with Gasteiger partial charge in [-0.3, -0.25) is 14.4 Å². The quantitative estimate of drug-likeness (QED) is 0.748. The molecule has 0 aromatic rings. The van der Waals surface area contributed by atoms with E-state index in [9.17, 15) is 14.4 Å². The van der Waals surface area contributed by atoms with E-state index in [1.807, 2.05) is 20.8 Å². The number of nitrogens with one attached hydrogen (secondary N) is 1. The standard InChI is InChI=1S/C15H25N3O3/c1-11(19)17-7-9-18(10-8-17)13(21)15(5-6-15)12(20)16-14(2,3)4/h5-10H2,1-4H3,(H,16,20). The van der Waals surface area contributed by atoms with Gasteiger partial charge in [-0.2, -0.15) is 0 Å². The summed E-state index contributed by atoms with van der Waals surface area (Å²) in [6.07, 6.45) is 1.25. The van der Waals surface area contributed by atoms with Gasteiger partial charge in [0.25, 0.3) is 0 Å². The fourth-order valence-electron chi connectivity index (χ4n) is 2.65. The largest absolute Gasteiger partial charge is 0.351 e. The Hall–Kier alpha value is -1.59. The monoisotopic (exact) mass is 295 g/mol. The van der Waals surface area contributed by atoms with Crippen molar-refractivity contribution in [2.24, 2.45) is 5.41 Å². The Morgan fingerprint density at radius 1 is 0.952 bits per heavy atom. The number of carbonyl (C=O) groups is 3. The van der Waals surface area contributed by atoms with E-state index >= 15 is 0 Å². The smallest absolute Gasteiger partial charge is 0.238 e. The van der Waals surface area contributed by atoms with Gasteiger partial charge in [0.05, 0.1) is 0 Å². The highest BCUT2D eigenvalue weighted by Crippen LogP contribution is 2.48. The summed E-state index contributed by atoms with van der Waals surface area (Å²) in [7, 11) is 0. The number of rotatable bonds is 2. The van der Waals surface area contributed by atoms with E-state index in [0.29, 0.717) is 39.0 Å². The molecule has 1 N–H and O–H groups in total. The van der Waals surface area contributed by atoms with Gasteiger partial charge >= 0.3 is 0 Å². The predicted octanol–water partition coefficient (Wildman–Crippen LogP) is 0.372. The summed E-state index contributed by atoms with van der Waals surface area (Å²) < 4.78 is 0. The van der Waals surface area contributed by atoms with Gasteiger partial charge in [-0.25, -0.2) is 0 Å². The fraction of sp³-hybridized carbons (Fsp3) is 0.800. The lowest BCUT2D eigenvalue weighted by Crippen LogP contribution is -2.55. The average Bonchev–Trinajstić information content (AvgIpc) is 3.17. The van der Waals surface area contributed by atoms with Gasteiger partial charge in [-0.15, -0.1) is 0 Å². The third kappa shape index (κ3) is 3.36. The lowest BCUT2D eigenvalue weighted by atomic mass is 10.0. The molecule has 0 unspecified atom stereocenters. The molecule has 0 aromatic carbocycles. The summed E-state index contributed by atoms with van der Waals surface area (Å²) in [4.78, 5) is 39.8. The summed E-state index contributed by atoms with van der Waals surface area (Å²) in [6.45, 7) is 9.42. The highest BCUT2D eigenvalue weighted by atomic mass is 16.2. The molecule has 0 spiro atoms. The maximum Gasteiger partial charge on any atom is 0.238 e. The van der Waals surface area contributed by atoms with E-state index < -0.39 is 5.41 Å². The molecule has 2 fully saturated rings. The molecule has 1 saturated heterocycles. The number of hydrogen-bond donors (Lipinski definition) is 1. The van der Waals surface area contributed by atoms with E-state index in [1.165, 1.54) is 6.92 Å². The van der Waals surface area contributed by atoms with Crippen LogP contribution in [-0.2, 0) is 14.4 Å². The molecule has 2 rings (SSSR count).